The molecule has 0 unspecified atom stereocenters. The fourth-order valence-corrected chi connectivity index (χ4v) is 2.35. The van der Waals surface area contributed by atoms with Crippen molar-refractivity contribution < 1.29 is 4.74 Å². The average molecular weight is 289 g/mol. The lowest BCUT2D eigenvalue weighted by Crippen LogP contribution is -2.37. The van der Waals surface area contributed by atoms with E-state index in [2.05, 4.69) is 25.2 Å². The lowest BCUT2D eigenvalue weighted by molar-refractivity contribution is 0.0378. The van der Waals surface area contributed by atoms with Crippen molar-refractivity contribution >= 4 is 17.0 Å². The van der Waals surface area contributed by atoms with Crippen molar-refractivity contribution in [1.29, 1.82) is 0 Å². The molecule has 21 heavy (non-hydrogen) atoms. The van der Waals surface area contributed by atoms with Gasteiger partial charge in [-0.2, -0.15) is 4.98 Å². The third kappa shape index (κ3) is 3.77. The second-order valence-electron chi connectivity index (χ2n) is 5.05. The van der Waals surface area contributed by atoms with Gasteiger partial charge < -0.3 is 15.0 Å². The first-order valence-corrected chi connectivity index (χ1v) is 7.21. The molecule has 0 amide bonds. The van der Waals surface area contributed by atoms with E-state index in [0.717, 1.165) is 51.2 Å². The molecule has 0 radical (unpaired) electrons. The summed E-state index contributed by atoms with van der Waals surface area (Å²) in [6, 6.07) is 3.19. The van der Waals surface area contributed by atoms with Crippen LogP contribution in [0.2, 0.25) is 0 Å². The van der Waals surface area contributed by atoms with Gasteiger partial charge in [-0.05, 0) is 19.0 Å². The van der Waals surface area contributed by atoms with Crippen molar-refractivity contribution in [2.75, 3.05) is 44.7 Å². The minimum atomic E-state index is -0.153. The number of morpholine rings is 1. The molecule has 2 N–H and O–H groups in total. The van der Waals surface area contributed by atoms with Crippen LogP contribution in [0.5, 0.6) is 0 Å². The summed E-state index contributed by atoms with van der Waals surface area (Å²) in [5, 5.41) is 4.02. The maximum atomic E-state index is 11.3. The molecule has 112 valence electrons. The number of aromatic amines is 1. The molecular weight excluding hydrogens is 270 g/mol. The molecule has 7 nitrogen and oxygen atoms in total. The predicted molar refractivity (Wildman–Crippen MR) is 80.5 cm³/mol. The predicted octanol–water partition coefficient (Wildman–Crippen LogP) is 0.452. The van der Waals surface area contributed by atoms with Gasteiger partial charge in [-0.3, -0.25) is 9.69 Å². The van der Waals surface area contributed by atoms with E-state index in [1.165, 1.54) is 6.07 Å². The summed E-state index contributed by atoms with van der Waals surface area (Å²) in [6.07, 6.45) is 2.73. The highest BCUT2D eigenvalue weighted by Crippen LogP contribution is 2.07. The molecule has 1 aliphatic rings. The van der Waals surface area contributed by atoms with Gasteiger partial charge in [0.1, 0.15) is 5.65 Å². The highest BCUT2D eigenvalue weighted by Gasteiger charge is 2.09. The van der Waals surface area contributed by atoms with E-state index >= 15 is 0 Å². The van der Waals surface area contributed by atoms with Crippen LogP contribution in [0.15, 0.2) is 23.1 Å². The van der Waals surface area contributed by atoms with Gasteiger partial charge in [-0.25, -0.2) is 4.98 Å². The van der Waals surface area contributed by atoms with Crippen LogP contribution in [-0.2, 0) is 4.74 Å². The number of nitrogens with zero attached hydrogens (tertiary/aromatic N) is 3. The smallest absolute Gasteiger partial charge is 0.249 e. The first-order chi connectivity index (χ1) is 10.3. The number of aromatic nitrogens is 3. The van der Waals surface area contributed by atoms with Crippen molar-refractivity contribution in [1.82, 2.24) is 19.9 Å². The second-order valence-corrected chi connectivity index (χ2v) is 5.05. The molecule has 0 saturated carbocycles. The van der Waals surface area contributed by atoms with Gasteiger partial charge in [0.25, 0.3) is 0 Å². The van der Waals surface area contributed by atoms with Crippen LogP contribution in [0, 0.1) is 0 Å². The maximum Gasteiger partial charge on any atom is 0.249 e. The Bertz CT molecular complexity index is 651. The van der Waals surface area contributed by atoms with Crippen LogP contribution < -0.4 is 10.9 Å². The van der Waals surface area contributed by atoms with E-state index in [-0.39, 0.29) is 5.56 Å². The highest BCUT2D eigenvalue weighted by atomic mass is 16.5. The van der Waals surface area contributed by atoms with Crippen LogP contribution in [0.4, 0.5) is 5.95 Å². The molecule has 1 fully saturated rings. The summed E-state index contributed by atoms with van der Waals surface area (Å²) < 4.78 is 5.32. The second kappa shape index (κ2) is 6.64. The summed E-state index contributed by atoms with van der Waals surface area (Å²) in [5.41, 5.74) is 0.410. The number of hydrogen-bond acceptors (Lipinski definition) is 6. The average Bonchev–Trinajstić information content (AvgIpc) is 2.52. The Hall–Kier alpha value is -1.99. The molecule has 2 aromatic rings. The number of H-pyrrole nitrogens is 1. The first kappa shape index (κ1) is 14.0. The van der Waals surface area contributed by atoms with Crippen LogP contribution in [0.3, 0.4) is 0 Å². The molecule has 0 bridgehead atoms. The summed E-state index contributed by atoms with van der Waals surface area (Å²) >= 11 is 0. The molecule has 1 aliphatic heterocycles. The molecule has 0 atom stereocenters. The standard InChI is InChI=1S/C14H19N5O2/c20-12-3-2-11-10-16-14(18-13(11)17-12)15-4-1-5-19-6-8-21-9-7-19/h2-3,10H,1,4-9H2,(H2,15,16,17,18,20). The molecule has 0 aromatic carbocycles. The summed E-state index contributed by atoms with van der Waals surface area (Å²) in [6.45, 7) is 5.52. The van der Waals surface area contributed by atoms with Gasteiger partial charge in [0.05, 0.1) is 13.2 Å². The van der Waals surface area contributed by atoms with Gasteiger partial charge in [-0.15, -0.1) is 0 Å². The normalized spacial score (nSPS) is 16.2. The Balaban J connectivity index is 1.51. The van der Waals surface area contributed by atoms with Crippen LogP contribution in [0.1, 0.15) is 6.42 Å². The van der Waals surface area contributed by atoms with Crippen molar-refractivity contribution in [2.45, 2.75) is 6.42 Å². The highest BCUT2D eigenvalue weighted by molar-refractivity contribution is 5.74. The Kier molecular flexibility index (Phi) is 4.42. The monoisotopic (exact) mass is 289 g/mol. The van der Waals surface area contributed by atoms with E-state index in [1.54, 1.807) is 12.3 Å². The summed E-state index contributed by atoms with van der Waals surface area (Å²) in [7, 11) is 0. The van der Waals surface area contributed by atoms with Crippen molar-refractivity contribution in [2.24, 2.45) is 0 Å². The lowest BCUT2D eigenvalue weighted by atomic mass is 10.3. The van der Waals surface area contributed by atoms with Crippen molar-refractivity contribution in [3.8, 4) is 0 Å². The molecule has 7 heteroatoms. The van der Waals surface area contributed by atoms with Gasteiger partial charge >= 0.3 is 0 Å². The Labute approximate surface area is 122 Å². The molecule has 1 saturated heterocycles. The zero-order chi connectivity index (χ0) is 14.5. The fraction of sp³-hybridized carbons (Fsp3) is 0.500. The van der Waals surface area contributed by atoms with Gasteiger partial charge in [-0.1, -0.05) is 0 Å². The SMILES string of the molecule is O=c1ccc2cnc(NCCCN3CCOCC3)nc2[nH]1. The summed E-state index contributed by atoms with van der Waals surface area (Å²) in [5.74, 6) is 0.548. The Morgan fingerprint density at radius 3 is 3.05 bits per heavy atom. The molecular formula is C14H19N5O2. The number of anilines is 1. The van der Waals surface area contributed by atoms with E-state index in [4.69, 9.17) is 4.74 Å². The van der Waals surface area contributed by atoms with Crippen LogP contribution >= 0.6 is 0 Å². The minimum Gasteiger partial charge on any atom is -0.379 e. The number of rotatable bonds is 5. The number of fused-ring (bicyclic) bond motifs is 1. The van der Waals surface area contributed by atoms with Crippen molar-refractivity contribution in [3.05, 3.63) is 28.7 Å². The van der Waals surface area contributed by atoms with E-state index < -0.39 is 0 Å². The zero-order valence-electron chi connectivity index (χ0n) is 11.8. The minimum absolute atomic E-state index is 0.153. The van der Waals surface area contributed by atoms with Crippen LogP contribution in [-0.4, -0.2) is 59.2 Å². The van der Waals surface area contributed by atoms with Crippen LogP contribution in [0.25, 0.3) is 11.0 Å². The Morgan fingerprint density at radius 1 is 1.33 bits per heavy atom. The number of pyridine rings is 1. The quantitative estimate of drug-likeness (QED) is 0.778. The molecule has 0 aliphatic carbocycles. The maximum absolute atomic E-state index is 11.3. The topological polar surface area (TPSA) is 83.1 Å². The number of ether oxygens (including phenoxy) is 1. The lowest BCUT2D eigenvalue weighted by Gasteiger charge is -2.26. The van der Waals surface area contributed by atoms with E-state index in [1.807, 2.05) is 0 Å². The number of nitrogens with one attached hydrogen (secondary N) is 2. The van der Waals surface area contributed by atoms with E-state index in [9.17, 15) is 4.79 Å². The van der Waals surface area contributed by atoms with Gasteiger partial charge in [0.15, 0.2) is 0 Å². The molecule has 0 spiro atoms. The van der Waals surface area contributed by atoms with Crippen molar-refractivity contribution in [3.63, 3.8) is 0 Å². The largest absolute Gasteiger partial charge is 0.379 e. The molecule has 3 rings (SSSR count). The first-order valence-electron chi connectivity index (χ1n) is 7.21. The summed E-state index contributed by atoms with van der Waals surface area (Å²) in [4.78, 5) is 24.9. The van der Waals surface area contributed by atoms with E-state index in [0.29, 0.717) is 11.6 Å². The third-order valence-corrected chi connectivity index (χ3v) is 3.51. The zero-order valence-corrected chi connectivity index (χ0v) is 11.8. The number of hydrogen-bond donors (Lipinski definition) is 2. The van der Waals surface area contributed by atoms with Gasteiger partial charge in [0, 0.05) is 37.3 Å². The molecule has 2 aromatic heterocycles. The van der Waals surface area contributed by atoms with Gasteiger partial charge in [0.2, 0.25) is 11.5 Å². The Morgan fingerprint density at radius 2 is 2.19 bits per heavy atom. The fourth-order valence-electron chi connectivity index (χ4n) is 2.35. The third-order valence-electron chi connectivity index (χ3n) is 3.51. The molecule has 3 heterocycles.